The Hall–Kier alpha value is -0.160. The number of hydrogen-bond acceptors (Lipinski definition) is 4. The number of rotatable bonds is 13. The van der Waals surface area contributed by atoms with Crippen LogP contribution in [0.3, 0.4) is 0 Å². The Kier molecular flexibility index (Phi) is 13.2. The molecule has 4 nitrogen and oxygen atoms in total. The third-order valence-corrected chi connectivity index (χ3v) is 2.67. The molecule has 1 radical (unpaired) electrons. The van der Waals surface area contributed by atoms with E-state index in [1.165, 1.54) is 12.8 Å². The third kappa shape index (κ3) is 12.3. The Labute approximate surface area is 113 Å². The molecule has 4 heteroatoms. The molecule has 0 saturated heterocycles. The lowest BCUT2D eigenvalue weighted by atomic mass is 10.2. The molecule has 0 amide bonds. The monoisotopic (exact) mass is 259 g/mol. The van der Waals surface area contributed by atoms with Gasteiger partial charge in [-0.05, 0) is 33.1 Å². The first-order valence-corrected chi connectivity index (χ1v) is 7.29. The summed E-state index contributed by atoms with van der Waals surface area (Å²) in [4.78, 5) is 10.8. The second-order valence-corrected chi connectivity index (χ2v) is 4.77. The van der Waals surface area contributed by atoms with E-state index in [2.05, 4.69) is 38.7 Å². The average molecular weight is 259 g/mol. The van der Waals surface area contributed by atoms with E-state index >= 15 is 0 Å². The average Bonchev–Trinajstić information content (AvgIpc) is 2.35. The SMILES string of the molecule is [CH2]C(CCNOC(C)CCC)NOCCCCC. The number of nitrogens with one attached hydrogen (secondary N) is 2. The molecule has 0 bridgehead atoms. The molecule has 0 spiro atoms. The Morgan fingerprint density at radius 2 is 1.89 bits per heavy atom. The smallest absolute Gasteiger partial charge is 0.0762 e. The third-order valence-electron chi connectivity index (χ3n) is 2.67. The Balaban J connectivity index is 3.23. The summed E-state index contributed by atoms with van der Waals surface area (Å²) >= 11 is 0. The van der Waals surface area contributed by atoms with Crippen molar-refractivity contribution in [2.45, 2.75) is 71.4 Å². The summed E-state index contributed by atoms with van der Waals surface area (Å²) in [6.07, 6.45) is 6.92. The predicted molar refractivity (Wildman–Crippen MR) is 75.8 cm³/mol. The highest BCUT2D eigenvalue weighted by atomic mass is 16.7. The van der Waals surface area contributed by atoms with Crippen LogP contribution in [0.1, 0.15) is 59.3 Å². The maximum atomic E-state index is 5.44. The molecule has 2 atom stereocenters. The van der Waals surface area contributed by atoms with Gasteiger partial charge in [0.1, 0.15) is 0 Å². The second-order valence-electron chi connectivity index (χ2n) is 4.77. The number of hydrogen-bond donors (Lipinski definition) is 2. The van der Waals surface area contributed by atoms with Crippen LogP contribution in [-0.2, 0) is 9.68 Å². The zero-order valence-corrected chi connectivity index (χ0v) is 12.3. The molecule has 0 aromatic carbocycles. The van der Waals surface area contributed by atoms with Crippen molar-refractivity contribution in [3.8, 4) is 0 Å². The maximum Gasteiger partial charge on any atom is 0.0762 e. The molecule has 0 aliphatic heterocycles. The molecule has 2 N–H and O–H groups in total. The van der Waals surface area contributed by atoms with Crippen molar-refractivity contribution in [1.29, 1.82) is 0 Å². The zero-order chi connectivity index (χ0) is 13.6. The van der Waals surface area contributed by atoms with Gasteiger partial charge in [0, 0.05) is 12.6 Å². The normalized spacial score (nSPS) is 14.7. The van der Waals surface area contributed by atoms with Crippen LogP contribution in [-0.4, -0.2) is 25.3 Å². The van der Waals surface area contributed by atoms with E-state index in [1.54, 1.807) is 0 Å². The van der Waals surface area contributed by atoms with Gasteiger partial charge in [-0.25, -0.2) is 5.48 Å². The first kappa shape index (κ1) is 17.8. The Bertz CT molecular complexity index is 168. The van der Waals surface area contributed by atoms with Gasteiger partial charge in [-0.2, -0.15) is 5.48 Å². The summed E-state index contributed by atoms with van der Waals surface area (Å²) in [6, 6.07) is 0.101. The molecular weight excluding hydrogens is 228 g/mol. The fraction of sp³-hybridized carbons (Fsp3) is 0.929. The fourth-order valence-electron chi connectivity index (χ4n) is 1.56. The lowest BCUT2D eigenvalue weighted by molar-refractivity contribution is -0.0246. The molecule has 0 heterocycles. The topological polar surface area (TPSA) is 42.5 Å². The molecular formula is C14H31N2O2. The molecule has 0 aliphatic carbocycles. The molecule has 18 heavy (non-hydrogen) atoms. The molecule has 2 unspecified atom stereocenters. The highest BCUT2D eigenvalue weighted by molar-refractivity contribution is 4.64. The van der Waals surface area contributed by atoms with E-state index in [9.17, 15) is 0 Å². The predicted octanol–water partition coefficient (Wildman–Crippen LogP) is 3.00. The summed E-state index contributed by atoms with van der Waals surface area (Å²) in [6.45, 7) is 11.9. The Morgan fingerprint density at radius 1 is 1.11 bits per heavy atom. The van der Waals surface area contributed by atoms with Crippen LogP contribution >= 0.6 is 0 Å². The fourth-order valence-corrected chi connectivity index (χ4v) is 1.56. The zero-order valence-electron chi connectivity index (χ0n) is 12.3. The quantitative estimate of drug-likeness (QED) is 0.394. The van der Waals surface area contributed by atoms with E-state index in [0.717, 1.165) is 38.8 Å². The molecule has 0 rings (SSSR count). The second kappa shape index (κ2) is 13.3. The van der Waals surface area contributed by atoms with E-state index in [1.807, 2.05) is 0 Å². The molecule has 0 aliphatic rings. The lowest BCUT2D eigenvalue weighted by Crippen LogP contribution is -2.32. The van der Waals surface area contributed by atoms with Crippen LogP contribution in [0.2, 0.25) is 0 Å². The summed E-state index contributed by atoms with van der Waals surface area (Å²) in [5.74, 6) is 0. The van der Waals surface area contributed by atoms with Gasteiger partial charge in [0.25, 0.3) is 0 Å². The van der Waals surface area contributed by atoms with E-state index in [0.29, 0.717) is 0 Å². The van der Waals surface area contributed by atoms with Gasteiger partial charge in [0.05, 0.1) is 12.7 Å². The minimum atomic E-state index is 0.101. The summed E-state index contributed by atoms with van der Waals surface area (Å²) < 4.78 is 0. The maximum absolute atomic E-state index is 5.44. The highest BCUT2D eigenvalue weighted by Gasteiger charge is 2.03. The van der Waals surface area contributed by atoms with Crippen molar-refractivity contribution >= 4 is 0 Å². The van der Waals surface area contributed by atoms with Crippen molar-refractivity contribution in [2.75, 3.05) is 13.2 Å². The van der Waals surface area contributed by atoms with Gasteiger partial charge < -0.3 is 4.84 Å². The van der Waals surface area contributed by atoms with Crippen molar-refractivity contribution in [3.05, 3.63) is 6.92 Å². The summed E-state index contributed by atoms with van der Waals surface area (Å²) in [5, 5.41) is 0. The van der Waals surface area contributed by atoms with E-state index in [-0.39, 0.29) is 12.1 Å². The molecule has 0 saturated carbocycles. The van der Waals surface area contributed by atoms with Crippen LogP contribution < -0.4 is 11.0 Å². The van der Waals surface area contributed by atoms with Gasteiger partial charge in [-0.3, -0.25) is 4.84 Å². The molecule has 0 aromatic heterocycles. The first-order chi connectivity index (χ1) is 8.70. The lowest BCUT2D eigenvalue weighted by Gasteiger charge is -2.16. The number of unbranched alkanes of at least 4 members (excludes halogenated alkanes) is 2. The van der Waals surface area contributed by atoms with Crippen molar-refractivity contribution in [3.63, 3.8) is 0 Å². The first-order valence-electron chi connectivity index (χ1n) is 7.29. The largest absolute Gasteiger partial charge is 0.302 e. The van der Waals surface area contributed by atoms with Gasteiger partial charge in [-0.1, -0.05) is 33.1 Å². The minimum absolute atomic E-state index is 0.101. The highest BCUT2D eigenvalue weighted by Crippen LogP contribution is 1.98. The standard InChI is InChI=1S/C14H31N2O2/c1-5-7-8-12-17-16-13(3)10-11-15-18-14(4)9-6-2/h13-16H,3,5-12H2,1-2,4H3. The van der Waals surface area contributed by atoms with Crippen molar-refractivity contribution in [1.82, 2.24) is 11.0 Å². The molecule has 109 valence electrons. The van der Waals surface area contributed by atoms with Crippen LogP contribution in [0.4, 0.5) is 0 Å². The van der Waals surface area contributed by atoms with Crippen molar-refractivity contribution < 1.29 is 9.68 Å². The van der Waals surface area contributed by atoms with Gasteiger partial charge in [0.2, 0.25) is 0 Å². The van der Waals surface area contributed by atoms with Crippen LogP contribution in [0.15, 0.2) is 0 Å². The van der Waals surface area contributed by atoms with Crippen LogP contribution in [0, 0.1) is 6.92 Å². The van der Waals surface area contributed by atoms with Crippen LogP contribution in [0.5, 0.6) is 0 Å². The summed E-state index contributed by atoms with van der Waals surface area (Å²) in [5.41, 5.74) is 5.92. The van der Waals surface area contributed by atoms with Gasteiger partial charge in [-0.15, -0.1) is 0 Å². The van der Waals surface area contributed by atoms with Gasteiger partial charge >= 0.3 is 0 Å². The van der Waals surface area contributed by atoms with Crippen LogP contribution in [0.25, 0.3) is 0 Å². The van der Waals surface area contributed by atoms with E-state index in [4.69, 9.17) is 9.68 Å². The minimum Gasteiger partial charge on any atom is -0.302 e. The Morgan fingerprint density at radius 3 is 2.56 bits per heavy atom. The van der Waals surface area contributed by atoms with E-state index < -0.39 is 0 Å². The van der Waals surface area contributed by atoms with Crippen molar-refractivity contribution in [2.24, 2.45) is 0 Å². The molecule has 0 aromatic rings. The molecule has 0 fully saturated rings. The number of hydroxylamine groups is 2. The summed E-state index contributed by atoms with van der Waals surface area (Å²) in [7, 11) is 0. The van der Waals surface area contributed by atoms with Gasteiger partial charge in [0.15, 0.2) is 0 Å².